The van der Waals surface area contributed by atoms with E-state index >= 15 is 0 Å². The molecule has 0 aliphatic rings. The van der Waals surface area contributed by atoms with Crippen LogP contribution < -0.4 is 10.1 Å². The fraction of sp³-hybridized carbons (Fsp3) is 0.259. The lowest BCUT2D eigenvalue weighted by atomic mass is 10.0. The number of halogens is 1. The number of hydrogen-bond acceptors (Lipinski definition) is 3. The minimum atomic E-state index is -0.646. The molecule has 3 aromatic rings. The first-order valence-electron chi connectivity index (χ1n) is 11.1. The fourth-order valence-corrected chi connectivity index (χ4v) is 3.82. The SMILES string of the molecule is CCCNC(=O)[C@@H](Cc1ccccc1)N(Cc1ccccc1)C(=O)COc1ccc(I)cc1. The van der Waals surface area contributed by atoms with Gasteiger partial charge in [-0.2, -0.15) is 0 Å². The third-order valence-corrected chi connectivity index (χ3v) is 5.91. The number of hydrogen-bond donors (Lipinski definition) is 1. The van der Waals surface area contributed by atoms with Gasteiger partial charge < -0.3 is 15.0 Å². The summed E-state index contributed by atoms with van der Waals surface area (Å²) in [5, 5.41) is 2.98. The lowest BCUT2D eigenvalue weighted by Gasteiger charge is -2.31. The Kier molecular flexibility index (Phi) is 9.75. The van der Waals surface area contributed by atoms with E-state index in [0.29, 0.717) is 25.3 Å². The predicted molar refractivity (Wildman–Crippen MR) is 139 cm³/mol. The molecule has 3 aromatic carbocycles. The molecule has 0 spiro atoms. The first kappa shape index (κ1) is 24.8. The molecule has 0 unspecified atom stereocenters. The van der Waals surface area contributed by atoms with Crippen LogP contribution in [0.25, 0.3) is 0 Å². The van der Waals surface area contributed by atoms with Gasteiger partial charge in [-0.3, -0.25) is 9.59 Å². The van der Waals surface area contributed by atoms with Crippen LogP contribution in [0.5, 0.6) is 5.75 Å². The van der Waals surface area contributed by atoms with Crippen molar-refractivity contribution in [1.82, 2.24) is 10.2 Å². The Morgan fingerprint density at radius 3 is 2.12 bits per heavy atom. The molecular formula is C27H29IN2O3. The number of benzene rings is 3. The zero-order chi connectivity index (χ0) is 23.5. The average Bonchev–Trinajstić information content (AvgIpc) is 2.85. The van der Waals surface area contributed by atoms with Gasteiger partial charge >= 0.3 is 0 Å². The van der Waals surface area contributed by atoms with Gasteiger partial charge in [-0.15, -0.1) is 0 Å². The van der Waals surface area contributed by atoms with Gasteiger partial charge in [0.25, 0.3) is 5.91 Å². The molecule has 0 saturated carbocycles. The van der Waals surface area contributed by atoms with Gasteiger partial charge in [0.05, 0.1) is 0 Å². The summed E-state index contributed by atoms with van der Waals surface area (Å²) in [6.07, 6.45) is 1.25. The molecular weight excluding hydrogens is 527 g/mol. The van der Waals surface area contributed by atoms with Crippen LogP contribution in [0.15, 0.2) is 84.9 Å². The van der Waals surface area contributed by atoms with Gasteiger partial charge in [0, 0.05) is 23.1 Å². The van der Waals surface area contributed by atoms with E-state index in [-0.39, 0.29) is 18.4 Å². The molecule has 0 aliphatic heterocycles. The van der Waals surface area contributed by atoms with Crippen molar-refractivity contribution in [3.05, 3.63) is 99.6 Å². The third kappa shape index (κ3) is 7.89. The van der Waals surface area contributed by atoms with E-state index in [9.17, 15) is 9.59 Å². The van der Waals surface area contributed by atoms with Crippen molar-refractivity contribution in [3.8, 4) is 5.75 Å². The van der Waals surface area contributed by atoms with Crippen molar-refractivity contribution >= 4 is 34.4 Å². The Labute approximate surface area is 209 Å². The fourth-order valence-electron chi connectivity index (χ4n) is 3.46. The van der Waals surface area contributed by atoms with Gasteiger partial charge in [-0.25, -0.2) is 0 Å². The van der Waals surface area contributed by atoms with Crippen LogP contribution in [-0.4, -0.2) is 35.9 Å². The van der Waals surface area contributed by atoms with Crippen molar-refractivity contribution in [1.29, 1.82) is 0 Å². The quantitative estimate of drug-likeness (QED) is 0.344. The number of ether oxygens (including phenoxy) is 1. The van der Waals surface area contributed by atoms with Crippen molar-refractivity contribution in [2.45, 2.75) is 32.4 Å². The molecule has 172 valence electrons. The highest BCUT2D eigenvalue weighted by Gasteiger charge is 2.30. The van der Waals surface area contributed by atoms with Gasteiger partial charge in [-0.05, 0) is 64.4 Å². The first-order chi connectivity index (χ1) is 16.1. The summed E-state index contributed by atoms with van der Waals surface area (Å²) < 4.78 is 6.87. The van der Waals surface area contributed by atoms with Crippen LogP contribution in [0.3, 0.4) is 0 Å². The predicted octanol–water partition coefficient (Wildman–Crippen LogP) is 4.84. The largest absolute Gasteiger partial charge is 0.484 e. The second-order valence-corrected chi connectivity index (χ2v) is 8.99. The maximum absolute atomic E-state index is 13.4. The maximum atomic E-state index is 13.4. The standard InChI is InChI=1S/C27H29IN2O3/c1-2-17-29-27(32)25(18-21-9-5-3-6-10-21)30(19-22-11-7-4-8-12-22)26(31)20-33-24-15-13-23(28)14-16-24/h3-16,25H,2,17-20H2,1H3,(H,29,32)/t25-/m1/s1. The molecule has 0 aliphatic carbocycles. The molecule has 2 amide bonds. The monoisotopic (exact) mass is 556 g/mol. The molecule has 0 heterocycles. The zero-order valence-electron chi connectivity index (χ0n) is 18.7. The Morgan fingerprint density at radius 1 is 0.909 bits per heavy atom. The van der Waals surface area contributed by atoms with Crippen molar-refractivity contribution in [3.63, 3.8) is 0 Å². The Hall–Kier alpha value is -2.87. The number of carbonyl (C=O) groups is 2. The van der Waals surface area contributed by atoms with Crippen molar-refractivity contribution in [2.75, 3.05) is 13.2 Å². The number of nitrogens with one attached hydrogen (secondary N) is 1. The smallest absolute Gasteiger partial charge is 0.261 e. The molecule has 0 aromatic heterocycles. The third-order valence-electron chi connectivity index (χ3n) is 5.19. The molecule has 6 heteroatoms. The minimum Gasteiger partial charge on any atom is -0.484 e. The van der Waals surface area contributed by atoms with E-state index in [1.807, 2.05) is 91.9 Å². The summed E-state index contributed by atoms with van der Waals surface area (Å²) in [5.74, 6) is 0.239. The Morgan fingerprint density at radius 2 is 1.52 bits per heavy atom. The summed E-state index contributed by atoms with van der Waals surface area (Å²) in [6.45, 7) is 2.76. The van der Waals surface area contributed by atoms with Crippen molar-refractivity contribution in [2.24, 2.45) is 0 Å². The van der Waals surface area contributed by atoms with Gasteiger partial charge in [0.2, 0.25) is 5.91 Å². The number of rotatable bonds is 11. The molecule has 0 bridgehead atoms. The van der Waals surface area contributed by atoms with E-state index < -0.39 is 6.04 Å². The molecule has 5 nitrogen and oxygen atoms in total. The van der Waals surface area contributed by atoms with Crippen LogP contribution in [0, 0.1) is 3.57 Å². The second kappa shape index (κ2) is 13.0. The van der Waals surface area contributed by atoms with E-state index in [1.54, 1.807) is 4.90 Å². The summed E-state index contributed by atoms with van der Waals surface area (Å²) in [4.78, 5) is 28.3. The van der Waals surface area contributed by atoms with Crippen LogP contribution in [0.2, 0.25) is 0 Å². The Balaban J connectivity index is 1.85. The molecule has 0 fully saturated rings. The van der Waals surface area contributed by atoms with E-state index in [2.05, 4.69) is 27.9 Å². The van der Waals surface area contributed by atoms with Gasteiger partial charge in [-0.1, -0.05) is 67.6 Å². The highest BCUT2D eigenvalue weighted by molar-refractivity contribution is 14.1. The molecule has 1 N–H and O–H groups in total. The summed E-state index contributed by atoms with van der Waals surface area (Å²) in [7, 11) is 0. The Bertz CT molecular complexity index is 1010. The summed E-state index contributed by atoms with van der Waals surface area (Å²) >= 11 is 2.22. The second-order valence-electron chi connectivity index (χ2n) is 7.75. The minimum absolute atomic E-state index is 0.139. The summed E-state index contributed by atoms with van der Waals surface area (Å²) in [5.41, 5.74) is 1.96. The van der Waals surface area contributed by atoms with E-state index in [4.69, 9.17) is 4.74 Å². The highest BCUT2D eigenvalue weighted by Crippen LogP contribution is 2.17. The normalized spacial score (nSPS) is 11.5. The molecule has 3 rings (SSSR count). The number of carbonyl (C=O) groups excluding carboxylic acids is 2. The number of amides is 2. The lowest BCUT2D eigenvalue weighted by molar-refractivity contribution is -0.142. The van der Waals surface area contributed by atoms with Gasteiger partial charge in [0.1, 0.15) is 11.8 Å². The number of nitrogens with zero attached hydrogens (tertiary/aromatic N) is 1. The zero-order valence-corrected chi connectivity index (χ0v) is 20.9. The molecule has 1 atom stereocenters. The topological polar surface area (TPSA) is 58.6 Å². The molecule has 0 saturated heterocycles. The average molecular weight is 556 g/mol. The summed E-state index contributed by atoms with van der Waals surface area (Å²) in [6, 6.07) is 26.4. The lowest BCUT2D eigenvalue weighted by Crippen LogP contribution is -2.51. The maximum Gasteiger partial charge on any atom is 0.261 e. The van der Waals surface area contributed by atoms with Crippen LogP contribution >= 0.6 is 22.6 Å². The van der Waals surface area contributed by atoms with Crippen LogP contribution in [0.4, 0.5) is 0 Å². The first-order valence-corrected chi connectivity index (χ1v) is 12.2. The van der Waals surface area contributed by atoms with Gasteiger partial charge in [0.15, 0.2) is 6.61 Å². The van der Waals surface area contributed by atoms with E-state index in [1.165, 1.54) is 0 Å². The van der Waals surface area contributed by atoms with Crippen molar-refractivity contribution < 1.29 is 14.3 Å². The molecule has 33 heavy (non-hydrogen) atoms. The van der Waals surface area contributed by atoms with Crippen LogP contribution in [-0.2, 0) is 22.6 Å². The van der Waals surface area contributed by atoms with E-state index in [0.717, 1.165) is 21.1 Å². The highest BCUT2D eigenvalue weighted by atomic mass is 127. The molecule has 0 radical (unpaired) electrons. The van der Waals surface area contributed by atoms with Crippen LogP contribution in [0.1, 0.15) is 24.5 Å².